The van der Waals surface area contributed by atoms with E-state index in [9.17, 15) is 13.5 Å². The molecule has 1 aromatic rings. The number of hydrogen-bond donors (Lipinski definition) is 2. The van der Waals surface area contributed by atoms with Gasteiger partial charge in [0.1, 0.15) is 4.21 Å². The van der Waals surface area contributed by atoms with E-state index >= 15 is 0 Å². The summed E-state index contributed by atoms with van der Waals surface area (Å²) in [7, 11) is -3.47. The maximum absolute atomic E-state index is 12.1. The highest BCUT2D eigenvalue weighted by molar-refractivity contribution is 7.91. The third-order valence-corrected chi connectivity index (χ3v) is 6.02. The predicted molar refractivity (Wildman–Crippen MR) is 78.9 cm³/mol. The second-order valence-electron chi connectivity index (χ2n) is 5.87. The summed E-state index contributed by atoms with van der Waals surface area (Å²) in [6.07, 6.45) is -0.555. The van der Waals surface area contributed by atoms with Gasteiger partial charge in [-0.3, -0.25) is 0 Å². The minimum atomic E-state index is -3.47. The molecular weight excluding hydrogens is 282 g/mol. The van der Waals surface area contributed by atoms with Gasteiger partial charge in [-0.15, -0.1) is 11.3 Å². The third kappa shape index (κ3) is 4.27. The van der Waals surface area contributed by atoms with Crippen molar-refractivity contribution in [3.05, 3.63) is 17.0 Å². The highest BCUT2D eigenvalue weighted by Crippen LogP contribution is 2.26. The Morgan fingerprint density at radius 2 is 1.95 bits per heavy atom. The molecule has 1 rings (SSSR count). The fraction of sp³-hybridized carbons (Fsp3) is 0.692. The van der Waals surface area contributed by atoms with Crippen LogP contribution in [0.2, 0.25) is 0 Å². The number of aliphatic hydroxyl groups is 1. The molecule has 0 bridgehead atoms. The molecule has 1 atom stereocenters. The summed E-state index contributed by atoms with van der Waals surface area (Å²) in [5, 5.41) is 10.1. The van der Waals surface area contributed by atoms with Crippen LogP contribution in [0.15, 0.2) is 16.3 Å². The maximum Gasteiger partial charge on any atom is 0.250 e. The second kappa shape index (κ2) is 5.91. The standard InChI is InChI=1S/C13H23NO3S2/c1-9(2)12(15)13(4,5)8-14-19(16,17)11-7-6-10(3)18-11/h6-7,9,12,14-15H,8H2,1-5H3. The molecular formula is C13H23NO3S2. The molecule has 0 saturated heterocycles. The molecule has 0 aliphatic carbocycles. The molecule has 1 heterocycles. The summed E-state index contributed by atoms with van der Waals surface area (Å²) in [5.74, 6) is 0.0866. The Morgan fingerprint density at radius 3 is 2.37 bits per heavy atom. The Labute approximate surface area is 119 Å². The Bertz CT molecular complexity index is 518. The molecule has 0 spiro atoms. The van der Waals surface area contributed by atoms with E-state index < -0.39 is 21.5 Å². The van der Waals surface area contributed by atoms with Crippen LogP contribution in [0.4, 0.5) is 0 Å². The molecule has 6 heteroatoms. The summed E-state index contributed by atoms with van der Waals surface area (Å²) in [6, 6.07) is 3.39. The maximum atomic E-state index is 12.1. The first kappa shape index (κ1) is 16.6. The van der Waals surface area contributed by atoms with Crippen molar-refractivity contribution in [1.29, 1.82) is 0 Å². The van der Waals surface area contributed by atoms with E-state index in [1.54, 1.807) is 12.1 Å². The molecule has 1 aromatic heterocycles. The number of hydrogen-bond acceptors (Lipinski definition) is 4. The first-order chi connectivity index (χ1) is 8.56. The molecule has 1 unspecified atom stereocenters. The van der Waals surface area contributed by atoms with Crippen LogP contribution in [0.3, 0.4) is 0 Å². The highest BCUT2D eigenvalue weighted by Gasteiger charge is 2.31. The number of rotatable bonds is 6. The van der Waals surface area contributed by atoms with Crippen LogP contribution in [0.5, 0.6) is 0 Å². The lowest BCUT2D eigenvalue weighted by atomic mass is 9.81. The van der Waals surface area contributed by atoms with E-state index in [4.69, 9.17) is 0 Å². The highest BCUT2D eigenvalue weighted by atomic mass is 32.2. The van der Waals surface area contributed by atoms with Crippen LogP contribution >= 0.6 is 11.3 Å². The zero-order valence-corrected chi connectivity index (χ0v) is 13.7. The molecule has 110 valence electrons. The van der Waals surface area contributed by atoms with E-state index in [2.05, 4.69) is 4.72 Å². The van der Waals surface area contributed by atoms with Crippen LogP contribution in [0, 0.1) is 18.3 Å². The number of sulfonamides is 1. The smallest absolute Gasteiger partial charge is 0.250 e. The monoisotopic (exact) mass is 305 g/mol. The van der Waals surface area contributed by atoms with Crippen LogP contribution in [0.1, 0.15) is 32.6 Å². The topological polar surface area (TPSA) is 66.4 Å². The molecule has 0 amide bonds. The minimum Gasteiger partial charge on any atom is -0.392 e. The molecule has 0 saturated carbocycles. The van der Waals surface area contributed by atoms with Crippen molar-refractivity contribution in [3.8, 4) is 0 Å². The van der Waals surface area contributed by atoms with Gasteiger partial charge in [-0.05, 0) is 25.0 Å². The predicted octanol–water partition coefficient (Wildman–Crippen LogP) is 2.38. The molecule has 0 aromatic carbocycles. The van der Waals surface area contributed by atoms with Gasteiger partial charge in [-0.1, -0.05) is 27.7 Å². The van der Waals surface area contributed by atoms with Crippen molar-refractivity contribution >= 4 is 21.4 Å². The van der Waals surface area contributed by atoms with Crippen LogP contribution < -0.4 is 4.72 Å². The molecule has 19 heavy (non-hydrogen) atoms. The number of thiophene rings is 1. The Morgan fingerprint density at radius 1 is 1.37 bits per heavy atom. The first-order valence-electron chi connectivity index (χ1n) is 6.30. The van der Waals surface area contributed by atoms with Gasteiger partial charge in [0.2, 0.25) is 10.0 Å². The van der Waals surface area contributed by atoms with Crippen LogP contribution in [-0.4, -0.2) is 26.2 Å². The summed E-state index contributed by atoms with van der Waals surface area (Å²) >= 11 is 1.25. The lowest BCUT2D eigenvalue weighted by Crippen LogP contribution is -2.43. The van der Waals surface area contributed by atoms with Gasteiger partial charge in [0.15, 0.2) is 0 Å². The fourth-order valence-corrected chi connectivity index (χ4v) is 4.47. The van der Waals surface area contributed by atoms with Crippen molar-refractivity contribution in [2.75, 3.05) is 6.54 Å². The molecule has 0 radical (unpaired) electrons. The fourth-order valence-electron chi connectivity index (χ4n) is 1.92. The molecule has 2 N–H and O–H groups in total. The largest absolute Gasteiger partial charge is 0.392 e. The van der Waals surface area contributed by atoms with Crippen molar-refractivity contribution in [2.45, 2.75) is 44.9 Å². The van der Waals surface area contributed by atoms with Crippen molar-refractivity contribution in [3.63, 3.8) is 0 Å². The van der Waals surface area contributed by atoms with Crippen molar-refractivity contribution in [1.82, 2.24) is 4.72 Å². The van der Waals surface area contributed by atoms with Crippen LogP contribution in [-0.2, 0) is 10.0 Å². The zero-order chi connectivity index (χ0) is 14.8. The SMILES string of the molecule is Cc1ccc(S(=O)(=O)NCC(C)(C)C(O)C(C)C)s1. The average molecular weight is 305 g/mol. The number of aliphatic hydroxyl groups excluding tert-OH is 1. The Kier molecular flexibility index (Phi) is 5.17. The van der Waals surface area contributed by atoms with Crippen LogP contribution in [0.25, 0.3) is 0 Å². The van der Waals surface area contributed by atoms with E-state index in [0.29, 0.717) is 4.21 Å². The van der Waals surface area contributed by atoms with E-state index in [1.165, 1.54) is 11.3 Å². The normalized spacial score (nSPS) is 14.9. The van der Waals surface area contributed by atoms with Gasteiger partial charge >= 0.3 is 0 Å². The van der Waals surface area contributed by atoms with E-state index in [0.717, 1.165) is 4.88 Å². The summed E-state index contributed by atoms with van der Waals surface area (Å²) < 4.78 is 27.1. The van der Waals surface area contributed by atoms with Gasteiger partial charge in [-0.25, -0.2) is 13.1 Å². The lowest BCUT2D eigenvalue weighted by Gasteiger charge is -2.33. The summed E-state index contributed by atoms with van der Waals surface area (Å²) in [4.78, 5) is 0.960. The second-order valence-corrected chi connectivity index (χ2v) is 9.15. The van der Waals surface area contributed by atoms with Gasteiger partial charge in [0.05, 0.1) is 6.10 Å². The quantitative estimate of drug-likeness (QED) is 0.848. The van der Waals surface area contributed by atoms with E-state index in [1.807, 2.05) is 34.6 Å². The van der Waals surface area contributed by atoms with Gasteiger partial charge in [-0.2, -0.15) is 0 Å². The number of aryl methyl sites for hydroxylation is 1. The Hall–Kier alpha value is -0.430. The van der Waals surface area contributed by atoms with Gasteiger partial charge in [0, 0.05) is 16.8 Å². The van der Waals surface area contributed by atoms with Gasteiger partial charge < -0.3 is 5.11 Å². The average Bonchev–Trinajstić information content (AvgIpc) is 2.73. The lowest BCUT2D eigenvalue weighted by molar-refractivity contribution is 0.0166. The minimum absolute atomic E-state index is 0.0866. The van der Waals surface area contributed by atoms with Crippen molar-refractivity contribution < 1.29 is 13.5 Å². The Balaban J connectivity index is 2.76. The summed E-state index contributed by atoms with van der Waals surface area (Å²) in [5.41, 5.74) is -0.506. The van der Waals surface area contributed by atoms with E-state index in [-0.39, 0.29) is 12.5 Å². The molecule has 0 aliphatic rings. The van der Waals surface area contributed by atoms with Crippen molar-refractivity contribution in [2.24, 2.45) is 11.3 Å². The zero-order valence-electron chi connectivity index (χ0n) is 12.1. The molecule has 0 fully saturated rings. The molecule has 4 nitrogen and oxygen atoms in total. The first-order valence-corrected chi connectivity index (χ1v) is 8.60. The molecule has 0 aliphatic heterocycles. The van der Waals surface area contributed by atoms with Gasteiger partial charge in [0.25, 0.3) is 0 Å². The third-order valence-electron chi connectivity index (χ3n) is 3.13. The summed E-state index contributed by atoms with van der Waals surface area (Å²) in [6.45, 7) is 9.65. The number of nitrogens with one attached hydrogen (secondary N) is 1.